The Morgan fingerprint density at radius 1 is 0.944 bits per heavy atom. The standard InChI is InChI=1S/C43H56N4O7/c1-6-39-14-10-16-47-18-15-41(36(39)47)29-19-30(33(52-3)20-32(29)45-35(41)43(51,24-39)38(49)54-5)42(37(48)53-4)22-26-21-40(50,7-2)25-46(23-26)17-13-28-27-11-8-9-12-31(27)44-34(28)42/h8-9,11-12,19-20,26,35-36,44-45,50-51H,6-7,10,13-18,21-25H2,1-5H3/t26-,35+,36-,39-,40-,41-,42-,43+/m0/s1. The molecule has 1 aromatic heterocycles. The Morgan fingerprint density at radius 3 is 2.48 bits per heavy atom. The molecule has 4 fully saturated rings. The molecule has 290 valence electrons. The van der Waals surface area contributed by atoms with Gasteiger partial charge in [0.1, 0.15) is 11.2 Å². The Labute approximate surface area is 317 Å². The predicted octanol–water partition coefficient (Wildman–Crippen LogP) is 4.65. The van der Waals surface area contributed by atoms with Crippen LogP contribution in [0.15, 0.2) is 36.4 Å². The van der Waals surface area contributed by atoms with Gasteiger partial charge in [-0.3, -0.25) is 14.6 Å². The van der Waals surface area contributed by atoms with Gasteiger partial charge in [-0.15, -0.1) is 0 Å². The minimum absolute atomic E-state index is 0.0330. The molecule has 54 heavy (non-hydrogen) atoms. The number of nitrogens with zero attached hydrogens (tertiary/aromatic N) is 2. The van der Waals surface area contributed by atoms with Gasteiger partial charge in [-0.25, -0.2) is 4.79 Å². The summed E-state index contributed by atoms with van der Waals surface area (Å²) in [6, 6.07) is 11.9. The van der Waals surface area contributed by atoms with Gasteiger partial charge in [0.05, 0.1) is 33.0 Å². The molecule has 11 heteroatoms. The van der Waals surface area contributed by atoms with E-state index in [1.165, 1.54) is 14.2 Å². The Hall–Kier alpha value is -3.64. The lowest BCUT2D eigenvalue weighted by molar-refractivity contribution is -0.186. The summed E-state index contributed by atoms with van der Waals surface area (Å²) in [5, 5.41) is 29.4. The van der Waals surface area contributed by atoms with Crippen molar-refractivity contribution < 1.29 is 34.0 Å². The lowest BCUT2D eigenvalue weighted by atomic mass is 9.48. The van der Waals surface area contributed by atoms with Crippen molar-refractivity contribution in [1.82, 2.24) is 14.8 Å². The smallest absolute Gasteiger partial charge is 0.340 e. The monoisotopic (exact) mass is 740 g/mol. The van der Waals surface area contributed by atoms with Crippen LogP contribution in [-0.2, 0) is 36.3 Å². The number of para-hydroxylation sites is 1. The number of anilines is 1. The zero-order valence-electron chi connectivity index (χ0n) is 32.4. The van der Waals surface area contributed by atoms with Crippen LogP contribution in [0.25, 0.3) is 10.9 Å². The highest BCUT2D eigenvalue weighted by molar-refractivity contribution is 5.94. The predicted molar refractivity (Wildman–Crippen MR) is 205 cm³/mol. The van der Waals surface area contributed by atoms with E-state index in [1.54, 1.807) is 7.11 Å². The summed E-state index contributed by atoms with van der Waals surface area (Å²) in [6.07, 6.45) is 6.10. The summed E-state index contributed by atoms with van der Waals surface area (Å²) in [5.74, 6) is -0.485. The molecule has 0 amide bonds. The number of hydrogen-bond donors (Lipinski definition) is 4. The van der Waals surface area contributed by atoms with E-state index in [0.29, 0.717) is 50.0 Å². The number of fused-ring (bicyclic) bond motifs is 6. The maximum atomic E-state index is 15.2. The van der Waals surface area contributed by atoms with Crippen LogP contribution in [0.2, 0.25) is 0 Å². The summed E-state index contributed by atoms with van der Waals surface area (Å²) in [4.78, 5) is 37.8. The van der Waals surface area contributed by atoms with Crippen molar-refractivity contribution in [2.45, 2.75) is 106 Å². The van der Waals surface area contributed by atoms with Crippen molar-refractivity contribution in [3.63, 3.8) is 0 Å². The molecule has 6 heterocycles. The third kappa shape index (κ3) is 4.67. The molecule has 9 atom stereocenters. The number of methoxy groups -OCH3 is 3. The average Bonchev–Trinajstić information content (AvgIpc) is 3.87. The maximum absolute atomic E-state index is 15.2. The molecule has 1 saturated carbocycles. The molecular formula is C43H56N4O7. The molecular weight excluding hydrogens is 684 g/mol. The number of esters is 2. The summed E-state index contributed by atoms with van der Waals surface area (Å²) in [6.45, 7) is 8.17. The number of H-pyrrole nitrogens is 1. The number of carbonyl (C=O) groups is 2. The first-order valence-corrected chi connectivity index (χ1v) is 20.1. The summed E-state index contributed by atoms with van der Waals surface area (Å²) < 4.78 is 17.6. The number of benzene rings is 2. The molecule has 2 bridgehead atoms. The van der Waals surface area contributed by atoms with Gasteiger partial charge < -0.3 is 34.7 Å². The first kappa shape index (κ1) is 36.0. The second kappa shape index (κ2) is 12.4. The molecule has 0 radical (unpaired) electrons. The normalized spacial score (nSPS) is 38.1. The lowest BCUT2D eigenvalue weighted by Gasteiger charge is -2.61. The van der Waals surface area contributed by atoms with Gasteiger partial charge in [0, 0.05) is 65.0 Å². The number of rotatable bonds is 6. The molecule has 2 aromatic carbocycles. The van der Waals surface area contributed by atoms with E-state index in [-0.39, 0.29) is 23.3 Å². The van der Waals surface area contributed by atoms with Gasteiger partial charge in [-0.05, 0) is 105 Å². The second-order valence-corrected chi connectivity index (χ2v) is 17.6. The molecule has 11 nitrogen and oxygen atoms in total. The first-order chi connectivity index (χ1) is 26.0. The van der Waals surface area contributed by atoms with Gasteiger partial charge in [-0.1, -0.05) is 32.0 Å². The summed E-state index contributed by atoms with van der Waals surface area (Å²) in [7, 11) is 4.47. The Morgan fingerprint density at radius 2 is 1.74 bits per heavy atom. The summed E-state index contributed by atoms with van der Waals surface area (Å²) >= 11 is 0. The molecule has 9 rings (SSSR count). The van der Waals surface area contributed by atoms with Gasteiger partial charge in [0.15, 0.2) is 5.60 Å². The number of ether oxygens (including phenoxy) is 3. The topological polar surface area (TPSA) is 137 Å². The molecule has 1 unspecified atom stereocenters. The highest BCUT2D eigenvalue weighted by Gasteiger charge is 2.74. The molecule has 5 aliphatic heterocycles. The van der Waals surface area contributed by atoms with Gasteiger partial charge >= 0.3 is 11.9 Å². The average molecular weight is 741 g/mol. The molecule has 1 aliphatic carbocycles. The Kier molecular flexibility index (Phi) is 8.29. The number of carbonyl (C=O) groups excluding carboxylic acids is 2. The van der Waals surface area contributed by atoms with Crippen molar-refractivity contribution in [3.8, 4) is 5.75 Å². The zero-order valence-corrected chi connectivity index (χ0v) is 32.4. The van der Waals surface area contributed by atoms with Gasteiger partial charge in [0.25, 0.3) is 0 Å². The number of aromatic amines is 1. The minimum Gasteiger partial charge on any atom is -0.496 e. The minimum atomic E-state index is -1.76. The van der Waals surface area contributed by atoms with E-state index in [2.05, 4.69) is 45.2 Å². The number of aromatic nitrogens is 1. The van der Waals surface area contributed by atoms with Crippen molar-refractivity contribution in [3.05, 3.63) is 58.8 Å². The first-order valence-electron chi connectivity index (χ1n) is 20.1. The third-order valence-electron chi connectivity index (χ3n) is 15.2. The van der Waals surface area contributed by atoms with Crippen molar-refractivity contribution in [1.29, 1.82) is 0 Å². The van der Waals surface area contributed by atoms with Crippen molar-refractivity contribution in [2.75, 3.05) is 59.4 Å². The molecule has 6 aliphatic rings. The van der Waals surface area contributed by atoms with Crippen molar-refractivity contribution >= 4 is 28.5 Å². The Balaban J connectivity index is 1.33. The number of hydrogen-bond acceptors (Lipinski definition) is 10. The van der Waals surface area contributed by atoms with Gasteiger partial charge in [0.2, 0.25) is 0 Å². The quantitative estimate of drug-likeness (QED) is 0.265. The van der Waals surface area contributed by atoms with E-state index >= 15 is 4.79 Å². The van der Waals surface area contributed by atoms with Crippen LogP contribution in [0, 0.1) is 11.3 Å². The van der Waals surface area contributed by atoms with Crippen LogP contribution >= 0.6 is 0 Å². The summed E-state index contributed by atoms with van der Waals surface area (Å²) in [5.41, 5.74) is 0.453. The van der Waals surface area contributed by atoms with Crippen LogP contribution in [0.3, 0.4) is 0 Å². The van der Waals surface area contributed by atoms with E-state index in [1.807, 2.05) is 25.1 Å². The van der Waals surface area contributed by atoms with Gasteiger partial charge in [-0.2, -0.15) is 0 Å². The highest BCUT2D eigenvalue weighted by Crippen LogP contribution is 2.67. The largest absolute Gasteiger partial charge is 0.496 e. The van der Waals surface area contributed by atoms with Crippen LogP contribution < -0.4 is 10.1 Å². The molecule has 1 spiro atoms. The Bertz CT molecular complexity index is 2020. The number of piperidine rings is 2. The molecule has 3 saturated heterocycles. The van der Waals surface area contributed by atoms with Crippen LogP contribution in [0.5, 0.6) is 5.75 Å². The zero-order chi connectivity index (χ0) is 37.8. The van der Waals surface area contributed by atoms with Crippen LogP contribution in [0.4, 0.5) is 5.69 Å². The SMILES string of the molecule is CC[C@]1(O)C[C@@H]2CN(CCc3c([nH]c4ccccc34)[C@@](C(=O)OC)(c3cc4c(cc3OC)N[C@@H]3[C@]45CCN4CCC[C@@](CC)(C[C@]3(O)C(=O)OC)[C@H]45)C2)C1. The van der Waals surface area contributed by atoms with E-state index in [0.717, 1.165) is 85.3 Å². The van der Waals surface area contributed by atoms with Crippen LogP contribution in [-0.4, -0.2) is 114 Å². The fraction of sp³-hybridized carbons (Fsp3) is 0.628. The van der Waals surface area contributed by atoms with E-state index in [4.69, 9.17) is 14.2 Å². The fourth-order valence-corrected chi connectivity index (χ4v) is 13.1. The van der Waals surface area contributed by atoms with E-state index < -0.39 is 34.0 Å². The lowest BCUT2D eigenvalue weighted by Crippen LogP contribution is -2.73. The molecule has 4 N–H and O–H groups in total. The third-order valence-corrected chi connectivity index (χ3v) is 15.2. The molecule has 3 aromatic rings. The maximum Gasteiger partial charge on any atom is 0.340 e. The number of nitrogens with one attached hydrogen (secondary N) is 2. The highest BCUT2D eigenvalue weighted by atomic mass is 16.5. The van der Waals surface area contributed by atoms with Crippen molar-refractivity contribution in [2.24, 2.45) is 11.3 Å². The van der Waals surface area contributed by atoms with Crippen LogP contribution in [0.1, 0.15) is 87.6 Å². The van der Waals surface area contributed by atoms with E-state index in [9.17, 15) is 15.0 Å². The number of aliphatic hydroxyl groups is 2. The fourth-order valence-electron chi connectivity index (χ4n) is 13.1. The second-order valence-electron chi connectivity index (χ2n) is 17.6.